The summed E-state index contributed by atoms with van der Waals surface area (Å²) >= 11 is 0. The molecule has 0 radical (unpaired) electrons. The van der Waals surface area contributed by atoms with E-state index in [1.54, 1.807) is 0 Å². The molecule has 0 spiro atoms. The number of methoxy groups -OCH3 is 1. The normalized spacial score (nSPS) is 31.8. The second kappa shape index (κ2) is 4.52. The quantitative estimate of drug-likeness (QED) is 0.791. The number of piperidine rings is 1. The lowest BCUT2D eigenvalue weighted by molar-refractivity contribution is -0.0345. The average molecular weight is 238 g/mol. The third-order valence-electron chi connectivity index (χ3n) is 5.20. The fraction of sp³-hybridized carbons (Fsp3) is 1.00. The van der Waals surface area contributed by atoms with Crippen LogP contribution in [0.3, 0.4) is 0 Å². The van der Waals surface area contributed by atoms with Crippen LogP contribution in [0.15, 0.2) is 0 Å². The third-order valence-corrected chi connectivity index (χ3v) is 5.20. The highest BCUT2D eigenvalue weighted by Crippen LogP contribution is 2.55. The van der Waals surface area contributed by atoms with Gasteiger partial charge >= 0.3 is 0 Å². The summed E-state index contributed by atoms with van der Waals surface area (Å²) in [5, 5.41) is 0. The number of rotatable bonds is 5. The highest BCUT2D eigenvalue weighted by atomic mass is 16.5. The number of hydrogen-bond donors (Lipinski definition) is 1. The van der Waals surface area contributed by atoms with Crippen LogP contribution in [-0.2, 0) is 4.74 Å². The van der Waals surface area contributed by atoms with Crippen molar-refractivity contribution in [2.45, 2.75) is 50.2 Å². The lowest BCUT2D eigenvalue weighted by Gasteiger charge is -2.48. The van der Waals surface area contributed by atoms with E-state index in [0.717, 1.165) is 24.9 Å². The Hall–Kier alpha value is -0.120. The van der Waals surface area contributed by atoms with Gasteiger partial charge in [-0.2, -0.15) is 0 Å². The Morgan fingerprint density at radius 3 is 2.29 bits per heavy atom. The predicted octanol–water partition coefficient (Wildman–Crippen LogP) is 1.61. The average Bonchev–Trinajstić information content (AvgIpc) is 3.23. The minimum Gasteiger partial charge on any atom is -0.380 e. The van der Waals surface area contributed by atoms with Crippen molar-refractivity contribution in [2.24, 2.45) is 17.6 Å². The van der Waals surface area contributed by atoms with Crippen molar-refractivity contribution in [3.05, 3.63) is 0 Å². The smallest absolute Gasteiger partial charge is 0.0698 e. The van der Waals surface area contributed by atoms with Crippen molar-refractivity contribution in [3.63, 3.8) is 0 Å². The second-order valence-corrected chi connectivity index (χ2v) is 6.19. The Kier molecular flexibility index (Phi) is 3.18. The van der Waals surface area contributed by atoms with Gasteiger partial charge in [0.1, 0.15) is 0 Å². The van der Waals surface area contributed by atoms with Crippen LogP contribution >= 0.6 is 0 Å². The third kappa shape index (κ3) is 2.02. The van der Waals surface area contributed by atoms with Crippen molar-refractivity contribution in [3.8, 4) is 0 Å². The van der Waals surface area contributed by atoms with Gasteiger partial charge in [0.2, 0.25) is 0 Å². The molecular weight excluding hydrogens is 212 g/mol. The van der Waals surface area contributed by atoms with Crippen molar-refractivity contribution in [1.82, 2.24) is 4.90 Å². The molecule has 2 aliphatic carbocycles. The Balaban J connectivity index is 1.77. The van der Waals surface area contributed by atoms with Crippen molar-refractivity contribution in [1.29, 1.82) is 0 Å². The van der Waals surface area contributed by atoms with Gasteiger partial charge in [0.25, 0.3) is 0 Å². The van der Waals surface area contributed by atoms with Crippen LogP contribution < -0.4 is 5.73 Å². The van der Waals surface area contributed by atoms with Gasteiger partial charge in [0.05, 0.1) is 6.10 Å². The predicted molar refractivity (Wildman–Crippen MR) is 68.8 cm³/mol. The Morgan fingerprint density at radius 2 is 1.82 bits per heavy atom. The van der Waals surface area contributed by atoms with E-state index in [-0.39, 0.29) is 0 Å². The van der Waals surface area contributed by atoms with Gasteiger partial charge in [-0.15, -0.1) is 0 Å². The van der Waals surface area contributed by atoms with Gasteiger partial charge in [0.15, 0.2) is 0 Å². The standard InChI is InChI=1S/C14H26N2O/c1-17-13-3-2-8-16(9-13)14(10-15,11-4-5-11)12-6-7-12/h11-13H,2-10,15H2,1H3. The monoisotopic (exact) mass is 238 g/mol. The zero-order valence-corrected chi connectivity index (χ0v) is 11.0. The molecule has 98 valence electrons. The van der Waals surface area contributed by atoms with Gasteiger partial charge in [-0.25, -0.2) is 0 Å². The van der Waals surface area contributed by atoms with Gasteiger partial charge in [0, 0.05) is 25.7 Å². The first kappa shape index (κ1) is 11.9. The van der Waals surface area contributed by atoms with Gasteiger partial charge in [-0.1, -0.05) is 0 Å². The van der Waals surface area contributed by atoms with Crippen LogP contribution in [0.2, 0.25) is 0 Å². The van der Waals surface area contributed by atoms with E-state index >= 15 is 0 Å². The molecule has 1 aliphatic heterocycles. The first-order chi connectivity index (χ1) is 8.31. The Morgan fingerprint density at radius 1 is 1.18 bits per heavy atom. The molecule has 17 heavy (non-hydrogen) atoms. The van der Waals surface area contributed by atoms with Gasteiger partial charge in [-0.3, -0.25) is 4.90 Å². The molecule has 1 unspecified atom stereocenters. The van der Waals surface area contributed by atoms with E-state index in [4.69, 9.17) is 10.5 Å². The number of likely N-dealkylation sites (tertiary alicyclic amines) is 1. The van der Waals surface area contributed by atoms with E-state index in [1.807, 2.05) is 7.11 Å². The molecule has 0 aromatic heterocycles. The summed E-state index contributed by atoms with van der Waals surface area (Å²) < 4.78 is 5.58. The summed E-state index contributed by atoms with van der Waals surface area (Å²) in [7, 11) is 1.85. The number of nitrogens with two attached hydrogens (primary N) is 1. The summed E-state index contributed by atoms with van der Waals surface area (Å²) in [6.45, 7) is 3.21. The number of nitrogens with zero attached hydrogens (tertiary/aromatic N) is 1. The lowest BCUT2D eigenvalue weighted by Crippen LogP contribution is -2.61. The summed E-state index contributed by atoms with van der Waals surface area (Å²) in [6, 6.07) is 0. The van der Waals surface area contributed by atoms with Crippen molar-refractivity contribution >= 4 is 0 Å². The Bertz CT molecular complexity index is 261. The molecule has 1 atom stereocenters. The fourth-order valence-corrected chi connectivity index (χ4v) is 3.99. The summed E-state index contributed by atoms with van der Waals surface area (Å²) in [5.74, 6) is 1.77. The highest BCUT2D eigenvalue weighted by molar-refractivity contribution is 5.12. The van der Waals surface area contributed by atoms with Crippen molar-refractivity contribution < 1.29 is 4.74 Å². The van der Waals surface area contributed by atoms with Crippen LogP contribution in [0.25, 0.3) is 0 Å². The van der Waals surface area contributed by atoms with Crippen LogP contribution in [-0.4, -0.2) is 43.3 Å². The topological polar surface area (TPSA) is 38.5 Å². The molecule has 3 aliphatic rings. The van der Waals surface area contributed by atoms with Crippen molar-refractivity contribution in [2.75, 3.05) is 26.7 Å². The van der Waals surface area contributed by atoms with E-state index < -0.39 is 0 Å². The maximum Gasteiger partial charge on any atom is 0.0698 e. The fourth-order valence-electron chi connectivity index (χ4n) is 3.99. The minimum atomic E-state index is 0.344. The van der Waals surface area contributed by atoms with Crippen LogP contribution in [0.5, 0.6) is 0 Å². The molecule has 1 heterocycles. The van der Waals surface area contributed by atoms with E-state index in [1.165, 1.54) is 45.1 Å². The zero-order valence-electron chi connectivity index (χ0n) is 11.0. The molecule has 1 saturated heterocycles. The first-order valence-electron chi connectivity index (χ1n) is 7.29. The molecule has 0 aromatic rings. The molecule has 3 heteroatoms. The number of ether oxygens (including phenoxy) is 1. The van der Waals surface area contributed by atoms with Gasteiger partial charge in [-0.05, 0) is 56.9 Å². The SMILES string of the molecule is COC1CCCN(C(CN)(C2CC2)C2CC2)C1. The molecule has 0 amide bonds. The van der Waals surface area contributed by atoms with Crippen LogP contribution in [0, 0.1) is 11.8 Å². The van der Waals surface area contributed by atoms with Gasteiger partial charge < -0.3 is 10.5 Å². The largest absolute Gasteiger partial charge is 0.380 e. The summed E-state index contributed by atoms with van der Waals surface area (Å²) in [4.78, 5) is 2.71. The van der Waals surface area contributed by atoms with Crippen LogP contribution in [0.4, 0.5) is 0 Å². The lowest BCUT2D eigenvalue weighted by atomic mass is 9.83. The van der Waals surface area contributed by atoms with E-state index in [2.05, 4.69) is 4.90 Å². The molecule has 3 fully saturated rings. The molecular formula is C14H26N2O. The zero-order chi connectivity index (χ0) is 11.9. The molecule has 3 nitrogen and oxygen atoms in total. The highest BCUT2D eigenvalue weighted by Gasteiger charge is 2.56. The first-order valence-corrected chi connectivity index (χ1v) is 7.29. The molecule has 0 bridgehead atoms. The van der Waals surface area contributed by atoms with E-state index in [9.17, 15) is 0 Å². The number of hydrogen-bond acceptors (Lipinski definition) is 3. The Labute approximate surface area is 105 Å². The summed E-state index contributed by atoms with van der Waals surface area (Å²) in [6.07, 6.45) is 8.56. The molecule has 2 N–H and O–H groups in total. The molecule has 0 aromatic carbocycles. The molecule has 2 saturated carbocycles. The van der Waals surface area contributed by atoms with Crippen LogP contribution in [0.1, 0.15) is 38.5 Å². The maximum absolute atomic E-state index is 6.22. The maximum atomic E-state index is 6.22. The minimum absolute atomic E-state index is 0.344. The second-order valence-electron chi connectivity index (χ2n) is 6.19. The molecule has 3 rings (SSSR count). The summed E-state index contributed by atoms with van der Waals surface area (Å²) in [5.41, 5.74) is 6.57. The van der Waals surface area contributed by atoms with E-state index in [0.29, 0.717) is 11.6 Å².